The van der Waals surface area contributed by atoms with Gasteiger partial charge >= 0.3 is 11.9 Å². The molecule has 1 aromatic heterocycles. The molecule has 0 aliphatic heterocycles. The number of hydrogen-bond donors (Lipinski definition) is 4. The van der Waals surface area contributed by atoms with E-state index in [9.17, 15) is 14.7 Å². The molecule has 0 fully saturated rings. The lowest BCUT2D eigenvalue weighted by Crippen LogP contribution is -2.40. The zero-order chi connectivity index (χ0) is 23.3. The van der Waals surface area contributed by atoms with E-state index >= 15 is 0 Å². The summed E-state index contributed by atoms with van der Waals surface area (Å²) in [5, 5.41) is 24.8. The minimum absolute atomic E-state index is 0.00138. The van der Waals surface area contributed by atoms with Crippen LogP contribution in [-0.2, 0) is 16.0 Å². The molecule has 1 atom stereocenters. The number of aryl methyl sites for hydroxylation is 2. The third-order valence-electron chi connectivity index (χ3n) is 3.88. The molecule has 1 heterocycles. The van der Waals surface area contributed by atoms with Crippen molar-refractivity contribution in [2.24, 2.45) is 5.73 Å². The third kappa shape index (κ3) is 12.2. The number of nitrogens with two attached hydrogens (primary N) is 1. The summed E-state index contributed by atoms with van der Waals surface area (Å²) in [5.74, 6) is 4.48. The van der Waals surface area contributed by atoms with E-state index in [0.717, 1.165) is 23.5 Å². The highest BCUT2D eigenvalue weighted by Gasteiger charge is 2.16. The van der Waals surface area contributed by atoms with Crippen molar-refractivity contribution in [3.8, 4) is 17.6 Å². The van der Waals surface area contributed by atoms with Crippen molar-refractivity contribution in [2.45, 2.75) is 32.2 Å². The Kier molecular flexibility index (Phi) is 11.1. The highest BCUT2D eigenvalue weighted by molar-refractivity contribution is 7.12. The van der Waals surface area contributed by atoms with E-state index in [1.807, 2.05) is 44.2 Å². The molecule has 7 nitrogen and oxygen atoms in total. The van der Waals surface area contributed by atoms with Crippen LogP contribution in [0.3, 0.4) is 0 Å². The number of carboxylic acids is 2. The molecule has 0 aliphatic carbocycles. The van der Waals surface area contributed by atoms with Gasteiger partial charge in [-0.2, -0.15) is 0 Å². The van der Waals surface area contributed by atoms with Crippen LogP contribution in [0.2, 0.25) is 0 Å². The number of ether oxygens (including phenoxy) is 1. The lowest BCUT2D eigenvalue weighted by Gasteiger charge is -2.20. The van der Waals surface area contributed by atoms with Gasteiger partial charge in [-0.05, 0) is 51.0 Å². The van der Waals surface area contributed by atoms with Gasteiger partial charge in [0.05, 0.1) is 11.5 Å². The van der Waals surface area contributed by atoms with Gasteiger partial charge < -0.3 is 25.8 Å². The van der Waals surface area contributed by atoms with Crippen LogP contribution < -0.4 is 10.5 Å². The molecule has 5 N–H and O–H groups in total. The first-order valence-corrected chi connectivity index (χ1v) is 10.2. The minimum atomic E-state index is -1.26. The fourth-order valence-corrected chi connectivity index (χ4v) is 2.97. The first-order valence-electron chi connectivity index (χ1n) is 9.42. The topological polar surface area (TPSA) is 130 Å². The second-order valence-corrected chi connectivity index (χ2v) is 8.16. The quantitative estimate of drug-likeness (QED) is 0.363. The van der Waals surface area contributed by atoms with Crippen molar-refractivity contribution < 1.29 is 29.6 Å². The molecule has 0 spiro atoms. The second kappa shape index (κ2) is 13.2. The number of carbonyl (C=O) groups is 2. The molecule has 166 valence electrons. The molecule has 31 heavy (non-hydrogen) atoms. The highest BCUT2D eigenvalue weighted by atomic mass is 32.1. The summed E-state index contributed by atoms with van der Waals surface area (Å²) in [6, 6.07) is 12.0. The van der Waals surface area contributed by atoms with E-state index in [1.54, 1.807) is 11.3 Å². The molecule has 8 heteroatoms. The van der Waals surface area contributed by atoms with E-state index in [2.05, 4.69) is 17.9 Å². The zero-order valence-electron chi connectivity index (χ0n) is 17.5. The zero-order valence-corrected chi connectivity index (χ0v) is 18.3. The maximum atomic E-state index is 9.55. The Morgan fingerprint density at radius 2 is 1.74 bits per heavy atom. The molecule has 1 aromatic carbocycles. The molecular formula is C23H27NO6S. The normalized spacial score (nSPS) is 12.1. The van der Waals surface area contributed by atoms with Gasteiger partial charge in [-0.15, -0.1) is 11.3 Å². The van der Waals surface area contributed by atoms with Crippen LogP contribution in [0.5, 0.6) is 5.75 Å². The molecule has 0 amide bonds. The monoisotopic (exact) mass is 445 g/mol. The maximum Gasteiger partial charge on any atom is 0.328 e. The summed E-state index contributed by atoms with van der Waals surface area (Å²) < 4.78 is 5.58. The SMILES string of the molecule is Cc1ccc(OCC#Cc2ccc(CC[C@@](C)(N)CO)s2)cc1.O=C(O)/C=C\C(=O)O. The van der Waals surface area contributed by atoms with Gasteiger partial charge in [-0.3, -0.25) is 0 Å². The summed E-state index contributed by atoms with van der Waals surface area (Å²) in [7, 11) is 0. The average Bonchev–Trinajstić information content (AvgIpc) is 3.18. The summed E-state index contributed by atoms with van der Waals surface area (Å²) in [6.45, 7) is 4.29. The van der Waals surface area contributed by atoms with Gasteiger partial charge in [0.2, 0.25) is 0 Å². The predicted octanol–water partition coefficient (Wildman–Crippen LogP) is 2.84. The highest BCUT2D eigenvalue weighted by Crippen LogP contribution is 2.19. The summed E-state index contributed by atoms with van der Waals surface area (Å²) in [4.78, 5) is 21.4. The largest absolute Gasteiger partial charge is 0.481 e. The number of aliphatic carboxylic acids is 2. The molecule has 2 rings (SSSR count). The number of rotatable bonds is 8. The molecule has 0 saturated heterocycles. The summed E-state index contributed by atoms with van der Waals surface area (Å²) in [5.41, 5.74) is 6.64. The van der Waals surface area contributed by atoms with Crippen LogP contribution in [-0.4, -0.2) is 46.0 Å². The van der Waals surface area contributed by atoms with Gasteiger partial charge in [0.25, 0.3) is 0 Å². The van der Waals surface area contributed by atoms with Crippen molar-refractivity contribution in [3.63, 3.8) is 0 Å². The summed E-state index contributed by atoms with van der Waals surface area (Å²) in [6.07, 6.45) is 2.73. The van der Waals surface area contributed by atoms with E-state index in [-0.39, 0.29) is 6.61 Å². The van der Waals surface area contributed by atoms with Crippen LogP contribution in [0, 0.1) is 18.8 Å². The standard InChI is InChI=1S/C19H23NO2S.C4H4O4/c1-15-5-7-16(8-6-15)22-13-3-4-17-9-10-18(23-17)11-12-19(2,20)14-21;5-3(6)1-2-4(7)8/h5-10,21H,11-14,20H2,1-2H3;1-2H,(H,5,6)(H,7,8)/b;2-1-/t19-;/m1./s1. The molecule has 2 aromatic rings. The van der Waals surface area contributed by atoms with Crippen LogP contribution in [0.15, 0.2) is 48.6 Å². The number of aliphatic hydroxyl groups is 1. The van der Waals surface area contributed by atoms with Crippen LogP contribution in [0.1, 0.15) is 28.7 Å². The lowest BCUT2D eigenvalue weighted by molar-refractivity contribution is -0.134. The Bertz CT molecular complexity index is 919. The van der Waals surface area contributed by atoms with Gasteiger partial charge in [-0.25, -0.2) is 9.59 Å². The van der Waals surface area contributed by atoms with E-state index in [4.69, 9.17) is 20.7 Å². The molecule has 0 aliphatic rings. The predicted molar refractivity (Wildman–Crippen MR) is 120 cm³/mol. The Morgan fingerprint density at radius 1 is 1.13 bits per heavy atom. The lowest BCUT2D eigenvalue weighted by atomic mass is 9.98. The van der Waals surface area contributed by atoms with Crippen molar-refractivity contribution in [1.29, 1.82) is 0 Å². The Labute approximate surface area is 185 Å². The average molecular weight is 446 g/mol. The van der Waals surface area contributed by atoms with Crippen LogP contribution in [0.25, 0.3) is 0 Å². The molecule has 0 bridgehead atoms. The van der Waals surface area contributed by atoms with Crippen LogP contribution in [0.4, 0.5) is 0 Å². The Morgan fingerprint density at radius 3 is 2.29 bits per heavy atom. The van der Waals surface area contributed by atoms with Crippen molar-refractivity contribution in [1.82, 2.24) is 0 Å². The van der Waals surface area contributed by atoms with Gasteiger partial charge in [-0.1, -0.05) is 29.5 Å². The first kappa shape index (κ1) is 25.9. The van der Waals surface area contributed by atoms with Gasteiger partial charge in [0, 0.05) is 22.6 Å². The first-order chi connectivity index (χ1) is 14.6. The molecule has 0 unspecified atom stereocenters. The van der Waals surface area contributed by atoms with Gasteiger partial charge in [0.15, 0.2) is 0 Å². The van der Waals surface area contributed by atoms with Crippen LogP contribution >= 0.6 is 11.3 Å². The third-order valence-corrected chi connectivity index (χ3v) is 4.94. The van der Waals surface area contributed by atoms with Crippen molar-refractivity contribution in [2.75, 3.05) is 13.2 Å². The second-order valence-electron chi connectivity index (χ2n) is 6.99. The van der Waals surface area contributed by atoms with E-state index in [1.165, 1.54) is 10.4 Å². The summed E-state index contributed by atoms with van der Waals surface area (Å²) >= 11 is 1.67. The Balaban J connectivity index is 0.000000512. The van der Waals surface area contributed by atoms with E-state index in [0.29, 0.717) is 18.8 Å². The smallest absolute Gasteiger partial charge is 0.328 e. The fourth-order valence-electron chi connectivity index (χ4n) is 2.09. The number of benzene rings is 1. The number of thiophene rings is 1. The fraction of sp³-hybridized carbons (Fsp3) is 0.304. The minimum Gasteiger partial charge on any atom is -0.481 e. The number of carboxylic acid groups (broad SMARTS) is 2. The molecule has 0 saturated carbocycles. The van der Waals surface area contributed by atoms with Gasteiger partial charge in [0.1, 0.15) is 12.4 Å². The molecule has 0 radical (unpaired) electrons. The maximum absolute atomic E-state index is 9.55. The number of hydrogen-bond acceptors (Lipinski definition) is 6. The van der Waals surface area contributed by atoms with E-state index < -0.39 is 17.5 Å². The number of aliphatic hydroxyl groups excluding tert-OH is 1. The Hall–Kier alpha value is -3.12. The molecular weight excluding hydrogens is 418 g/mol. The van der Waals surface area contributed by atoms with Crippen molar-refractivity contribution in [3.05, 3.63) is 63.9 Å². The van der Waals surface area contributed by atoms with Crippen molar-refractivity contribution >= 4 is 23.3 Å².